The molecule has 0 saturated carbocycles. The van der Waals surface area contributed by atoms with Crippen molar-refractivity contribution in [1.29, 1.82) is 0 Å². The Bertz CT molecular complexity index is 586. The summed E-state index contributed by atoms with van der Waals surface area (Å²) in [5, 5.41) is 2.80. The molecular formula is C15H18N2O2. The summed E-state index contributed by atoms with van der Waals surface area (Å²) < 4.78 is 0. The van der Waals surface area contributed by atoms with Crippen LogP contribution in [0, 0.1) is 13.8 Å². The standard InChI is InChI=1S/C15H18N2O2/c1-9-5-12-13(6-10(9)2)16-14(18)7-11(15(12)19)8-17(3)4/h5-6,8H,7H2,1-4H3,(H,16,18)/b11-8-. The summed E-state index contributed by atoms with van der Waals surface area (Å²) in [5.74, 6) is -0.228. The van der Waals surface area contributed by atoms with Crippen molar-refractivity contribution in [2.24, 2.45) is 0 Å². The number of amides is 1. The SMILES string of the molecule is Cc1cc2c(cc1C)C(=O)/C(=C\N(C)C)CC(=O)N2. The van der Waals surface area contributed by atoms with Crippen LogP contribution in [-0.2, 0) is 4.79 Å². The fraction of sp³-hybridized carbons (Fsp3) is 0.333. The maximum absolute atomic E-state index is 12.5. The van der Waals surface area contributed by atoms with Gasteiger partial charge in [0, 0.05) is 31.4 Å². The smallest absolute Gasteiger partial charge is 0.229 e. The number of carbonyl (C=O) groups is 2. The summed E-state index contributed by atoms with van der Waals surface area (Å²) in [6.07, 6.45) is 1.83. The molecule has 1 aromatic rings. The maximum Gasteiger partial charge on any atom is 0.229 e. The fourth-order valence-corrected chi connectivity index (χ4v) is 2.14. The number of rotatable bonds is 1. The second-order valence-corrected chi connectivity index (χ2v) is 5.15. The van der Waals surface area contributed by atoms with Gasteiger partial charge in [-0.25, -0.2) is 0 Å². The molecule has 100 valence electrons. The van der Waals surface area contributed by atoms with E-state index in [0.29, 0.717) is 16.8 Å². The second-order valence-electron chi connectivity index (χ2n) is 5.15. The number of nitrogens with zero attached hydrogens (tertiary/aromatic N) is 1. The van der Waals surface area contributed by atoms with Crippen LogP contribution in [0.1, 0.15) is 27.9 Å². The van der Waals surface area contributed by atoms with Crippen LogP contribution in [0.15, 0.2) is 23.9 Å². The minimum Gasteiger partial charge on any atom is -0.383 e. The molecule has 0 spiro atoms. The first-order chi connectivity index (χ1) is 8.88. The highest BCUT2D eigenvalue weighted by Gasteiger charge is 2.24. The number of hydrogen-bond donors (Lipinski definition) is 1. The molecule has 0 radical (unpaired) electrons. The highest BCUT2D eigenvalue weighted by molar-refractivity contribution is 6.18. The number of anilines is 1. The second kappa shape index (κ2) is 4.88. The van der Waals surface area contributed by atoms with Crippen LogP contribution in [0.5, 0.6) is 0 Å². The predicted molar refractivity (Wildman–Crippen MR) is 75.3 cm³/mol. The number of ketones is 1. The van der Waals surface area contributed by atoms with Gasteiger partial charge in [-0.2, -0.15) is 0 Å². The Balaban J connectivity index is 2.58. The Morgan fingerprint density at radius 2 is 1.79 bits per heavy atom. The predicted octanol–water partition coefficient (Wildman–Crippen LogP) is 2.27. The van der Waals surface area contributed by atoms with Gasteiger partial charge in [0.05, 0.1) is 12.1 Å². The number of carbonyl (C=O) groups excluding carboxylic acids is 2. The number of aryl methyl sites for hydroxylation is 2. The first-order valence-corrected chi connectivity index (χ1v) is 6.21. The highest BCUT2D eigenvalue weighted by Crippen LogP contribution is 2.27. The van der Waals surface area contributed by atoms with E-state index in [9.17, 15) is 9.59 Å². The number of benzene rings is 1. The molecule has 0 saturated heterocycles. The molecule has 1 aliphatic heterocycles. The van der Waals surface area contributed by atoms with Crippen molar-refractivity contribution in [2.75, 3.05) is 19.4 Å². The molecule has 1 N–H and O–H groups in total. The van der Waals surface area contributed by atoms with Gasteiger partial charge >= 0.3 is 0 Å². The average molecular weight is 258 g/mol. The molecule has 1 heterocycles. The van der Waals surface area contributed by atoms with Gasteiger partial charge in [-0.15, -0.1) is 0 Å². The first-order valence-electron chi connectivity index (χ1n) is 6.21. The zero-order valence-electron chi connectivity index (χ0n) is 11.7. The Labute approximate surface area is 113 Å². The van der Waals surface area contributed by atoms with Crippen molar-refractivity contribution in [3.8, 4) is 0 Å². The molecule has 0 bridgehead atoms. The Kier molecular flexibility index (Phi) is 3.42. The van der Waals surface area contributed by atoms with Gasteiger partial charge in [-0.3, -0.25) is 9.59 Å². The lowest BCUT2D eigenvalue weighted by Gasteiger charge is -2.10. The van der Waals surface area contributed by atoms with Gasteiger partial charge in [0.25, 0.3) is 0 Å². The quantitative estimate of drug-likeness (QED) is 0.786. The summed E-state index contributed by atoms with van der Waals surface area (Å²) in [6.45, 7) is 3.93. The van der Waals surface area contributed by atoms with E-state index in [1.807, 2.05) is 40.1 Å². The van der Waals surface area contributed by atoms with Crippen LogP contribution in [0.3, 0.4) is 0 Å². The van der Waals surface area contributed by atoms with Gasteiger partial charge < -0.3 is 10.2 Å². The van der Waals surface area contributed by atoms with Crippen LogP contribution in [0.4, 0.5) is 5.69 Å². The number of hydrogen-bond acceptors (Lipinski definition) is 3. The molecule has 1 aromatic carbocycles. The zero-order valence-corrected chi connectivity index (χ0v) is 11.7. The van der Waals surface area contributed by atoms with Gasteiger partial charge in [0.15, 0.2) is 5.78 Å². The summed E-state index contributed by atoms with van der Waals surface area (Å²) in [5.41, 5.74) is 3.81. The van der Waals surface area contributed by atoms with E-state index < -0.39 is 0 Å². The molecule has 0 unspecified atom stereocenters. The van der Waals surface area contributed by atoms with Gasteiger partial charge in [0.2, 0.25) is 5.91 Å². The third-order valence-corrected chi connectivity index (χ3v) is 3.21. The zero-order chi connectivity index (χ0) is 14.2. The first kappa shape index (κ1) is 13.3. The van der Waals surface area contributed by atoms with Crippen LogP contribution in [-0.4, -0.2) is 30.7 Å². The molecule has 19 heavy (non-hydrogen) atoms. The molecule has 0 aliphatic carbocycles. The Morgan fingerprint density at radius 3 is 2.42 bits per heavy atom. The summed E-state index contributed by atoms with van der Waals surface area (Å²) >= 11 is 0. The van der Waals surface area contributed by atoms with Crippen molar-refractivity contribution in [2.45, 2.75) is 20.3 Å². The third-order valence-electron chi connectivity index (χ3n) is 3.21. The van der Waals surface area contributed by atoms with Crippen molar-refractivity contribution in [3.05, 3.63) is 40.6 Å². The van der Waals surface area contributed by atoms with E-state index in [1.54, 1.807) is 11.1 Å². The number of nitrogens with one attached hydrogen (secondary N) is 1. The summed E-state index contributed by atoms with van der Waals surface area (Å²) in [6, 6.07) is 3.71. The van der Waals surface area contributed by atoms with Crippen molar-refractivity contribution in [3.63, 3.8) is 0 Å². The molecule has 0 fully saturated rings. The molecule has 1 amide bonds. The largest absolute Gasteiger partial charge is 0.383 e. The monoisotopic (exact) mass is 258 g/mol. The average Bonchev–Trinajstić information content (AvgIpc) is 2.40. The van der Waals surface area contributed by atoms with E-state index >= 15 is 0 Å². The van der Waals surface area contributed by atoms with Crippen LogP contribution < -0.4 is 5.32 Å². The van der Waals surface area contributed by atoms with Gasteiger partial charge in [-0.1, -0.05) is 0 Å². The van der Waals surface area contributed by atoms with E-state index in [4.69, 9.17) is 0 Å². The third kappa shape index (κ3) is 2.67. The molecule has 4 heteroatoms. The van der Waals surface area contributed by atoms with Crippen LogP contribution in [0.25, 0.3) is 0 Å². The van der Waals surface area contributed by atoms with E-state index in [1.165, 1.54) is 0 Å². The van der Waals surface area contributed by atoms with Crippen LogP contribution in [0.2, 0.25) is 0 Å². The van der Waals surface area contributed by atoms with E-state index in [0.717, 1.165) is 11.1 Å². The number of fused-ring (bicyclic) bond motifs is 1. The summed E-state index contributed by atoms with van der Waals surface area (Å²) in [7, 11) is 3.68. The number of Topliss-reactive ketones (excluding diaryl/α,β-unsaturated/α-hetero) is 1. The maximum atomic E-state index is 12.5. The lowest BCUT2D eigenvalue weighted by molar-refractivity contribution is -0.115. The van der Waals surface area contributed by atoms with Crippen molar-refractivity contribution >= 4 is 17.4 Å². The van der Waals surface area contributed by atoms with Crippen molar-refractivity contribution in [1.82, 2.24) is 4.90 Å². The van der Waals surface area contributed by atoms with Crippen molar-refractivity contribution < 1.29 is 9.59 Å². The molecule has 1 aliphatic rings. The minimum atomic E-state index is -0.150. The highest BCUT2D eigenvalue weighted by atomic mass is 16.2. The molecule has 2 rings (SSSR count). The molecule has 0 atom stereocenters. The molecular weight excluding hydrogens is 240 g/mol. The Morgan fingerprint density at radius 1 is 1.16 bits per heavy atom. The van der Waals surface area contributed by atoms with Crippen LogP contribution >= 0.6 is 0 Å². The molecule has 0 aromatic heterocycles. The van der Waals surface area contributed by atoms with Gasteiger partial charge in [-0.05, 0) is 37.1 Å². The Hall–Kier alpha value is -2.10. The summed E-state index contributed by atoms with van der Waals surface area (Å²) in [4.78, 5) is 26.1. The normalized spacial score (nSPS) is 16.9. The van der Waals surface area contributed by atoms with E-state index in [-0.39, 0.29) is 18.1 Å². The van der Waals surface area contributed by atoms with E-state index in [2.05, 4.69) is 5.32 Å². The lowest BCUT2D eigenvalue weighted by atomic mass is 9.98. The topological polar surface area (TPSA) is 49.4 Å². The fourth-order valence-electron chi connectivity index (χ4n) is 2.14. The minimum absolute atomic E-state index is 0.0786. The molecule has 4 nitrogen and oxygen atoms in total. The lowest BCUT2D eigenvalue weighted by Crippen LogP contribution is -2.12. The van der Waals surface area contributed by atoms with Gasteiger partial charge in [0.1, 0.15) is 0 Å².